The van der Waals surface area contributed by atoms with Gasteiger partial charge in [0.05, 0.1) is 17.8 Å². The standard InChI is InChI=1S/C19H27ClN4O4S/c1-19(2,17(25)15-9-14(20)8-12-10-22-23-16(12)15)13-4-6-24(7-5-13)18(26)21-11-29(3,27)28/h8-10,13,17,25H,4-7,11H2,1-3H3,(H,21,26)(H,22,23). The van der Waals surface area contributed by atoms with Crippen molar-refractivity contribution in [2.24, 2.45) is 11.3 Å². The number of aliphatic hydroxyl groups excluding tert-OH is 1. The van der Waals surface area contributed by atoms with Crippen LogP contribution in [0.4, 0.5) is 4.79 Å². The van der Waals surface area contributed by atoms with E-state index >= 15 is 0 Å². The minimum Gasteiger partial charge on any atom is -0.388 e. The number of aliphatic hydroxyl groups is 1. The molecule has 0 radical (unpaired) electrons. The lowest BCUT2D eigenvalue weighted by atomic mass is 9.68. The van der Waals surface area contributed by atoms with E-state index in [4.69, 9.17) is 11.6 Å². The number of H-pyrrole nitrogens is 1. The molecule has 1 atom stereocenters. The summed E-state index contributed by atoms with van der Waals surface area (Å²) in [5.74, 6) is -0.196. The minimum atomic E-state index is -3.26. The summed E-state index contributed by atoms with van der Waals surface area (Å²) in [6, 6.07) is 3.20. The van der Waals surface area contributed by atoms with Crippen LogP contribution >= 0.6 is 11.6 Å². The zero-order valence-electron chi connectivity index (χ0n) is 16.8. The van der Waals surface area contributed by atoms with Gasteiger partial charge in [0.15, 0.2) is 9.84 Å². The number of piperidine rings is 1. The van der Waals surface area contributed by atoms with Crippen molar-refractivity contribution in [1.82, 2.24) is 20.4 Å². The Hall–Kier alpha value is -1.84. The summed E-state index contributed by atoms with van der Waals surface area (Å²) < 4.78 is 22.5. The van der Waals surface area contributed by atoms with Gasteiger partial charge in [-0.2, -0.15) is 5.10 Å². The molecule has 1 aliphatic heterocycles. The molecule has 2 heterocycles. The molecule has 1 unspecified atom stereocenters. The van der Waals surface area contributed by atoms with Crippen LogP contribution in [0.25, 0.3) is 10.9 Å². The Morgan fingerprint density at radius 3 is 2.69 bits per heavy atom. The Morgan fingerprint density at radius 2 is 2.07 bits per heavy atom. The normalized spacial score (nSPS) is 17.5. The number of sulfone groups is 1. The lowest BCUT2D eigenvalue weighted by Crippen LogP contribution is -2.48. The maximum absolute atomic E-state index is 12.2. The van der Waals surface area contributed by atoms with Crippen LogP contribution in [0.5, 0.6) is 0 Å². The second-order valence-corrected chi connectivity index (χ2v) is 10.9. The Labute approximate surface area is 175 Å². The second-order valence-electron chi connectivity index (χ2n) is 8.37. The quantitative estimate of drug-likeness (QED) is 0.658. The first-order valence-electron chi connectivity index (χ1n) is 9.50. The molecule has 3 rings (SSSR count). The van der Waals surface area contributed by atoms with Crippen LogP contribution in [0.2, 0.25) is 5.02 Å². The number of hydrogen-bond donors (Lipinski definition) is 3. The topological polar surface area (TPSA) is 115 Å². The number of aromatic amines is 1. The third-order valence-electron chi connectivity index (χ3n) is 5.86. The first-order valence-corrected chi connectivity index (χ1v) is 11.9. The van der Waals surface area contributed by atoms with Gasteiger partial charge in [-0.15, -0.1) is 0 Å². The highest BCUT2D eigenvalue weighted by Gasteiger charge is 2.40. The minimum absolute atomic E-state index is 0.174. The van der Waals surface area contributed by atoms with E-state index in [0.29, 0.717) is 36.5 Å². The molecule has 2 amide bonds. The number of halogens is 1. The van der Waals surface area contributed by atoms with E-state index in [2.05, 4.69) is 15.5 Å². The van der Waals surface area contributed by atoms with Crippen molar-refractivity contribution in [3.8, 4) is 0 Å². The summed E-state index contributed by atoms with van der Waals surface area (Å²) in [5.41, 5.74) is 1.02. The first kappa shape index (κ1) is 21.9. The van der Waals surface area contributed by atoms with Gasteiger partial charge >= 0.3 is 6.03 Å². The number of rotatable bonds is 5. The molecule has 1 saturated heterocycles. The predicted octanol–water partition coefficient (Wildman–Crippen LogP) is 2.70. The Balaban J connectivity index is 1.69. The highest BCUT2D eigenvalue weighted by molar-refractivity contribution is 7.90. The molecular weight excluding hydrogens is 416 g/mol. The third kappa shape index (κ3) is 4.84. The van der Waals surface area contributed by atoms with Crippen molar-refractivity contribution >= 4 is 38.4 Å². The SMILES string of the molecule is CC(C)(C1CCN(C(=O)NCS(C)(=O)=O)CC1)C(O)c1cc(Cl)cc2cn[nH]c12. The fourth-order valence-electron chi connectivity index (χ4n) is 4.02. The number of hydrogen-bond acceptors (Lipinski definition) is 5. The van der Waals surface area contributed by atoms with Crippen LogP contribution in [-0.4, -0.2) is 59.9 Å². The highest BCUT2D eigenvalue weighted by Crippen LogP contribution is 2.46. The van der Waals surface area contributed by atoms with Crippen molar-refractivity contribution in [3.05, 3.63) is 28.9 Å². The molecule has 0 spiro atoms. The van der Waals surface area contributed by atoms with Crippen LogP contribution in [-0.2, 0) is 9.84 Å². The smallest absolute Gasteiger partial charge is 0.318 e. The second kappa shape index (κ2) is 8.12. The van der Waals surface area contributed by atoms with E-state index in [1.807, 2.05) is 13.8 Å². The molecule has 1 aromatic heterocycles. The average Bonchev–Trinajstić information content (AvgIpc) is 3.12. The van der Waals surface area contributed by atoms with Gasteiger partial charge in [0, 0.05) is 35.3 Å². The van der Waals surface area contributed by atoms with Gasteiger partial charge in [-0.25, -0.2) is 13.2 Å². The van der Waals surface area contributed by atoms with Gasteiger partial charge in [-0.05, 0) is 36.3 Å². The molecule has 29 heavy (non-hydrogen) atoms. The van der Waals surface area contributed by atoms with Crippen molar-refractivity contribution in [2.45, 2.75) is 32.8 Å². The van der Waals surface area contributed by atoms with E-state index < -0.39 is 21.4 Å². The zero-order chi connectivity index (χ0) is 21.4. The number of likely N-dealkylation sites (tertiary alicyclic amines) is 1. The van der Waals surface area contributed by atoms with Gasteiger partial charge < -0.3 is 15.3 Å². The summed E-state index contributed by atoms with van der Waals surface area (Å²) in [6.07, 6.45) is 3.42. The van der Waals surface area contributed by atoms with Gasteiger partial charge in [0.1, 0.15) is 5.88 Å². The van der Waals surface area contributed by atoms with Crippen molar-refractivity contribution < 1.29 is 18.3 Å². The highest BCUT2D eigenvalue weighted by atomic mass is 35.5. The van der Waals surface area contributed by atoms with Gasteiger partial charge in [-0.3, -0.25) is 5.10 Å². The largest absolute Gasteiger partial charge is 0.388 e. The Bertz CT molecular complexity index is 997. The summed E-state index contributed by atoms with van der Waals surface area (Å²) in [6.45, 7) is 5.05. The lowest BCUT2D eigenvalue weighted by Gasteiger charge is -2.43. The summed E-state index contributed by atoms with van der Waals surface area (Å²) >= 11 is 6.23. The first-order chi connectivity index (χ1) is 13.5. The van der Waals surface area contributed by atoms with Crippen molar-refractivity contribution in [3.63, 3.8) is 0 Å². The number of nitrogens with zero attached hydrogens (tertiary/aromatic N) is 2. The molecule has 0 saturated carbocycles. The van der Waals surface area contributed by atoms with Crippen LogP contribution in [0.1, 0.15) is 38.4 Å². The average molecular weight is 443 g/mol. The molecular formula is C19H27ClN4O4S. The van der Waals surface area contributed by atoms with E-state index in [-0.39, 0.29) is 17.8 Å². The maximum atomic E-state index is 12.2. The number of aromatic nitrogens is 2. The summed E-state index contributed by atoms with van der Waals surface area (Å²) in [5, 5.41) is 22.1. The number of carbonyl (C=O) groups excluding carboxylic acids is 1. The number of benzene rings is 1. The summed E-state index contributed by atoms with van der Waals surface area (Å²) in [7, 11) is -3.26. The molecule has 10 heteroatoms. The predicted molar refractivity (Wildman–Crippen MR) is 112 cm³/mol. The van der Waals surface area contributed by atoms with Crippen LogP contribution in [0.15, 0.2) is 18.3 Å². The summed E-state index contributed by atoms with van der Waals surface area (Å²) in [4.78, 5) is 13.8. The zero-order valence-corrected chi connectivity index (χ0v) is 18.3. The molecule has 0 bridgehead atoms. The van der Waals surface area contributed by atoms with Crippen molar-refractivity contribution in [2.75, 3.05) is 25.2 Å². The maximum Gasteiger partial charge on any atom is 0.318 e. The number of amides is 2. The van der Waals surface area contributed by atoms with E-state index in [1.165, 1.54) is 0 Å². The monoisotopic (exact) mass is 442 g/mol. The molecule has 1 aromatic carbocycles. The molecule has 0 aliphatic carbocycles. The van der Waals surface area contributed by atoms with E-state index in [9.17, 15) is 18.3 Å². The number of carbonyl (C=O) groups is 1. The molecule has 8 nitrogen and oxygen atoms in total. The van der Waals surface area contributed by atoms with Crippen LogP contribution in [0, 0.1) is 11.3 Å². The molecule has 1 aliphatic rings. The van der Waals surface area contributed by atoms with Gasteiger partial charge in [0.2, 0.25) is 0 Å². The van der Waals surface area contributed by atoms with Gasteiger partial charge in [-0.1, -0.05) is 25.4 Å². The van der Waals surface area contributed by atoms with E-state index in [1.54, 1.807) is 23.2 Å². The van der Waals surface area contributed by atoms with Crippen LogP contribution in [0.3, 0.4) is 0 Å². The Kier molecular flexibility index (Phi) is 6.12. The number of fused-ring (bicyclic) bond motifs is 1. The molecule has 2 aromatic rings. The van der Waals surface area contributed by atoms with E-state index in [0.717, 1.165) is 17.2 Å². The fraction of sp³-hybridized carbons (Fsp3) is 0.579. The molecule has 1 fully saturated rings. The lowest BCUT2D eigenvalue weighted by molar-refractivity contribution is -0.0143. The molecule has 3 N–H and O–H groups in total. The van der Waals surface area contributed by atoms with Crippen molar-refractivity contribution in [1.29, 1.82) is 0 Å². The number of nitrogens with one attached hydrogen (secondary N) is 2. The Morgan fingerprint density at radius 1 is 1.41 bits per heavy atom. The number of urea groups is 1. The fourth-order valence-corrected chi connectivity index (χ4v) is 4.64. The molecule has 160 valence electrons. The third-order valence-corrected chi connectivity index (χ3v) is 6.75. The van der Waals surface area contributed by atoms with Crippen LogP contribution < -0.4 is 5.32 Å². The van der Waals surface area contributed by atoms with Gasteiger partial charge in [0.25, 0.3) is 0 Å².